The smallest absolute Gasteiger partial charge is 0.314 e. The Hall–Kier alpha value is -2.62. The minimum absolute atomic E-state index is 0.169. The molecule has 0 aromatic heterocycles. The number of aliphatic carboxylic acids is 1. The third-order valence-corrected chi connectivity index (χ3v) is 6.40. The van der Waals surface area contributed by atoms with E-state index in [-0.39, 0.29) is 6.10 Å². The summed E-state index contributed by atoms with van der Waals surface area (Å²) in [5, 5.41) is 10.1. The second-order valence-corrected chi connectivity index (χ2v) is 8.92. The molecular weight excluding hydrogens is 376 g/mol. The normalized spacial score (nSPS) is 23.5. The van der Waals surface area contributed by atoms with Gasteiger partial charge in [-0.05, 0) is 41.7 Å². The fourth-order valence-corrected chi connectivity index (χ4v) is 4.74. The van der Waals surface area contributed by atoms with Gasteiger partial charge in [0.15, 0.2) is 0 Å². The van der Waals surface area contributed by atoms with Crippen molar-refractivity contribution in [3.05, 3.63) is 71.8 Å². The first-order chi connectivity index (χ1) is 14.4. The van der Waals surface area contributed by atoms with Gasteiger partial charge in [-0.3, -0.25) is 9.59 Å². The van der Waals surface area contributed by atoms with E-state index in [1.807, 2.05) is 36.4 Å². The van der Waals surface area contributed by atoms with Crippen molar-refractivity contribution in [1.29, 1.82) is 0 Å². The van der Waals surface area contributed by atoms with Crippen LogP contribution in [0.2, 0.25) is 0 Å². The van der Waals surface area contributed by atoms with Crippen molar-refractivity contribution in [1.82, 2.24) is 0 Å². The number of rotatable bonds is 7. The zero-order valence-electron chi connectivity index (χ0n) is 18.0. The Labute approximate surface area is 179 Å². The molecule has 1 fully saturated rings. The second kappa shape index (κ2) is 9.92. The average molecular weight is 409 g/mol. The maximum atomic E-state index is 13.5. The van der Waals surface area contributed by atoms with Crippen LogP contribution in [0.15, 0.2) is 60.7 Å². The lowest BCUT2D eigenvalue weighted by atomic mass is 9.75. The molecule has 4 nitrogen and oxygen atoms in total. The van der Waals surface area contributed by atoms with E-state index >= 15 is 0 Å². The molecule has 1 aliphatic rings. The Morgan fingerprint density at radius 2 is 1.43 bits per heavy atom. The van der Waals surface area contributed by atoms with Crippen LogP contribution in [-0.4, -0.2) is 23.1 Å². The molecule has 2 aromatic rings. The number of esters is 1. The second-order valence-electron chi connectivity index (χ2n) is 8.92. The van der Waals surface area contributed by atoms with E-state index < -0.39 is 23.8 Å². The molecule has 0 heterocycles. The number of carbonyl (C=O) groups is 2. The molecule has 1 saturated carbocycles. The molecule has 1 N–H and O–H groups in total. The molecule has 0 aliphatic heterocycles. The molecule has 0 saturated heterocycles. The molecular formula is C26H32O4. The van der Waals surface area contributed by atoms with E-state index in [1.54, 1.807) is 24.3 Å². The van der Waals surface area contributed by atoms with Crippen LogP contribution in [0.5, 0.6) is 0 Å². The van der Waals surface area contributed by atoms with Gasteiger partial charge in [-0.25, -0.2) is 0 Å². The summed E-state index contributed by atoms with van der Waals surface area (Å²) in [7, 11) is 0. The molecule has 30 heavy (non-hydrogen) atoms. The lowest BCUT2D eigenvalue weighted by Crippen LogP contribution is -2.38. The summed E-state index contributed by atoms with van der Waals surface area (Å²) in [4.78, 5) is 25.8. The average Bonchev–Trinajstić information content (AvgIpc) is 2.72. The third-order valence-electron chi connectivity index (χ3n) is 6.40. The van der Waals surface area contributed by atoms with Crippen molar-refractivity contribution in [3.8, 4) is 0 Å². The van der Waals surface area contributed by atoms with Gasteiger partial charge in [-0.1, -0.05) is 87.9 Å². The fourth-order valence-electron chi connectivity index (χ4n) is 4.74. The first-order valence-corrected chi connectivity index (χ1v) is 10.9. The molecule has 1 aliphatic carbocycles. The van der Waals surface area contributed by atoms with E-state index in [4.69, 9.17) is 4.74 Å². The molecule has 5 atom stereocenters. The molecule has 160 valence electrons. The molecule has 2 aromatic carbocycles. The highest BCUT2D eigenvalue weighted by molar-refractivity contribution is 5.89. The van der Waals surface area contributed by atoms with Crippen molar-refractivity contribution in [2.24, 2.45) is 17.8 Å². The van der Waals surface area contributed by atoms with E-state index in [1.165, 1.54) is 0 Å². The summed E-state index contributed by atoms with van der Waals surface area (Å²) in [5.74, 6) is -2.14. The predicted molar refractivity (Wildman–Crippen MR) is 117 cm³/mol. The molecule has 0 bridgehead atoms. The van der Waals surface area contributed by atoms with E-state index in [0.29, 0.717) is 28.9 Å². The van der Waals surface area contributed by atoms with Crippen LogP contribution in [0.3, 0.4) is 0 Å². The Morgan fingerprint density at radius 3 is 1.93 bits per heavy atom. The Kier molecular flexibility index (Phi) is 7.30. The van der Waals surface area contributed by atoms with Gasteiger partial charge in [-0.15, -0.1) is 0 Å². The van der Waals surface area contributed by atoms with Gasteiger partial charge in [0.25, 0.3) is 0 Å². The minimum Gasteiger partial charge on any atom is -0.481 e. The van der Waals surface area contributed by atoms with Crippen LogP contribution in [0.4, 0.5) is 0 Å². The summed E-state index contributed by atoms with van der Waals surface area (Å²) >= 11 is 0. The zero-order chi connectivity index (χ0) is 21.7. The maximum Gasteiger partial charge on any atom is 0.314 e. The van der Waals surface area contributed by atoms with Gasteiger partial charge in [-0.2, -0.15) is 0 Å². The quantitative estimate of drug-likeness (QED) is 0.602. The summed E-state index contributed by atoms with van der Waals surface area (Å²) in [6.07, 6.45) is 2.84. The number of carbonyl (C=O) groups excluding carboxylic acids is 1. The Balaban J connectivity index is 1.96. The molecule has 0 amide bonds. The van der Waals surface area contributed by atoms with Crippen LogP contribution >= 0.6 is 0 Å². The van der Waals surface area contributed by atoms with Crippen LogP contribution in [0, 0.1) is 17.8 Å². The molecule has 0 spiro atoms. The number of hydrogen-bond donors (Lipinski definition) is 1. The summed E-state index contributed by atoms with van der Waals surface area (Å²) in [5.41, 5.74) is 1.27. The monoisotopic (exact) mass is 408 g/mol. The van der Waals surface area contributed by atoms with Gasteiger partial charge >= 0.3 is 11.9 Å². The third kappa shape index (κ3) is 5.10. The van der Waals surface area contributed by atoms with Crippen molar-refractivity contribution in [3.63, 3.8) is 0 Å². The van der Waals surface area contributed by atoms with E-state index in [0.717, 1.165) is 19.3 Å². The topological polar surface area (TPSA) is 63.6 Å². The van der Waals surface area contributed by atoms with Crippen LogP contribution in [0.1, 0.15) is 63.0 Å². The zero-order valence-corrected chi connectivity index (χ0v) is 18.0. The summed E-state index contributed by atoms with van der Waals surface area (Å²) in [6.45, 7) is 6.52. The van der Waals surface area contributed by atoms with Gasteiger partial charge in [0, 0.05) is 0 Å². The van der Waals surface area contributed by atoms with Gasteiger partial charge in [0.2, 0.25) is 0 Å². The summed E-state index contributed by atoms with van der Waals surface area (Å²) in [6, 6.07) is 18.1. The standard InChI is InChI=1S/C26H32O4/c1-17(2)21-15-14-18(3)16-22(21)30-26(29)24(20-12-8-5-9-13-20)23(25(27)28)19-10-6-4-7-11-19/h4-13,17-18,21-24H,14-16H2,1-3H3,(H,27,28)/t18-,21+,22-,23+,24+/m1/s1. The maximum absolute atomic E-state index is 13.5. The highest BCUT2D eigenvalue weighted by atomic mass is 16.5. The number of carboxylic acid groups (broad SMARTS) is 1. The highest BCUT2D eigenvalue weighted by Crippen LogP contribution is 2.39. The van der Waals surface area contributed by atoms with Crippen LogP contribution < -0.4 is 0 Å². The number of ether oxygens (including phenoxy) is 1. The number of benzene rings is 2. The Bertz CT molecular complexity index is 831. The molecule has 3 rings (SSSR count). The fraction of sp³-hybridized carbons (Fsp3) is 0.462. The van der Waals surface area contributed by atoms with Crippen LogP contribution in [-0.2, 0) is 14.3 Å². The van der Waals surface area contributed by atoms with Crippen molar-refractivity contribution in [2.75, 3.05) is 0 Å². The van der Waals surface area contributed by atoms with Crippen molar-refractivity contribution < 1.29 is 19.4 Å². The first kappa shape index (κ1) is 22.1. The molecule has 0 unspecified atom stereocenters. The van der Waals surface area contributed by atoms with E-state index in [2.05, 4.69) is 20.8 Å². The first-order valence-electron chi connectivity index (χ1n) is 10.9. The lowest BCUT2D eigenvalue weighted by molar-refractivity contribution is -0.161. The van der Waals surface area contributed by atoms with Gasteiger partial charge < -0.3 is 9.84 Å². The minimum atomic E-state index is -1.02. The van der Waals surface area contributed by atoms with E-state index in [9.17, 15) is 14.7 Å². The molecule has 0 radical (unpaired) electrons. The summed E-state index contributed by atoms with van der Waals surface area (Å²) < 4.78 is 6.10. The van der Waals surface area contributed by atoms with Crippen molar-refractivity contribution >= 4 is 11.9 Å². The largest absolute Gasteiger partial charge is 0.481 e. The highest BCUT2D eigenvalue weighted by Gasteiger charge is 2.40. The lowest BCUT2D eigenvalue weighted by Gasteiger charge is -2.37. The van der Waals surface area contributed by atoms with Crippen LogP contribution in [0.25, 0.3) is 0 Å². The number of hydrogen-bond acceptors (Lipinski definition) is 3. The number of carboxylic acids is 1. The molecule has 4 heteroatoms. The predicted octanol–water partition coefficient (Wildman–Crippen LogP) is 5.64. The van der Waals surface area contributed by atoms with Gasteiger partial charge in [0.05, 0.1) is 11.8 Å². The van der Waals surface area contributed by atoms with Gasteiger partial charge in [0.1, 0.15) is 6.10 Å². The van der Waals surface area contributed by atoms with Crippen molar-refractivity contribution in [2.45, 2.75) is 58.0 Å². The SMILES string of the molecule is CC(C)[C@@H]1CC[C@@H](C)C[C@H]1OC(=O)[C@@H](c1ccccc1)[C@@H](C(=O)O)c1ccccc1. The Morgan fingerprint density at radius 1 is 0.900 bits per heavy atom.